The van der Waals surface area contributed by atoms with Crippen LogP contribution in [0.4, 0.5) is 0 Å². The lowest BCUT2D eigenvalue weighted by Gasteiger charge is -2.31. The third kappa shape index (κ3) is 2.19. The van der Waals surface area contributed by atoms with Gasteiger partial charge in [0, 0.05) is 0 Å². The predicted octanol–water partition coefficient (Wildman–Crippen LogP) is 3.31. The maximum Gasteiger partial charge on any atom is 0.103 e. The van der Waals surface area contributed by atoms with Crippen LogP contribution < -0.4 is 0 Å². The normalized spacial score (nSPS) is 27.9. The molecule has 1 aromatic rings. The molecule has 1 heterocycles. The van der Waals surface area contributed by atoms with Crippen LogP contribution in [0.5, 0.6) is 0 Å². The van der Waals surface area contributed by atoms with Gasteiger partial charge in [-0.3, -0.25) is 0 Å². The summed E-state index contributed by atoms with van der Waals surface area (Å²) in [4.78, 5) is 0. The minimum atomic E-state index is -0.346. The van der Waals surface area contributed by atoms with Crippen LogP contribution in [0.2, 0.25) is 0 Å². The Hall–Kier alpha value is -0.120. The van der Waals surface area contributed by atoms with Crippen molar-refractivity contribution in [3.63, 3.8) is 0 Å². The van der Waals surface area contributed by atoms with Crippen molar-refractivity contribution < 1.29 is 5.11 Å². The van der Waals surface area contributed by atoms with Gasteiger partial charge in [-0.2, -0.15) is 0 Å². The fourth-order valence-corrected chi connectivity index (χ4v) is 4.66. The monoisotopic (exact) mass is 240 g/mol. The van der Waals surface area contributed by atoms with Crippen LogP contribution in [-0.4, -0.2) is 21.2 Å². The highest BCUT2D eigenvalue weighted by Crippen LogP contribution is 2.53. The first-order chi connectivity index (χ1) is 7.28. The zero-order valence-corrected chi connectivity index (χ0v) is 10.5. The van der Waals surface area contributed by atoms with E-state index in [2.05, 4.69) is 6.26 Å². The molecule has 1 saturated heterocycles. The van der Waals surface area contributed by atoms with E-state index in [0.717, 1.165) is 12.0 Å². The standard InChI is InChI=1S/C12H16OS2/c1-14-12(8-5-9-15-12)11(13)10-6-3-2-4-7-10/h2-4,6-7,11,13H,5,8-9H2,1H3. The highest BCUT2D eigenvalue weighted by molar-refractivity contribution is 8.18. The predicted molar refractivity (Wildman–Crippen MR) is 69.3 cm³/mol. The molecule has 0 aliphatic carbocycles. The maximum absolute atomic E-state index is 10.4. The van der Waals surface area contributed by atoms with E-state index < -0.39 is 0 Å². The first-order valence-corrected chi connectivity index (χ1v) is 7.42. The smallest absolute Gasteiger partial charge is 0.103 e. The van der Waals surface area contributed by atoms with Gasteiger partial charge >= 0.3 is 0 Å². The fraction of sp³-hybridized carbons (Fsp3) is 0.500. The minimum Gasteiger partial charge on any atom is -0.386 e. The van der Waals surface area contributed by atoms with Gasteiger partial charge in [0.1, 0.15) is 6.10 Å². The van der Waals surface area contributed by atoms with E-state index in [-0.39, 0.29) is 10.2 Å². The summed E-state index contributed by atoms with van der Waals surface area (Å²) in [5, 5.41) is 10.4. The van der Waals surface area contributed by atoms with Gasteiger partial charge in [-0.1, -0.05) is 30.3 Å². The zero-order valence-electron chi connectivity index (χ0n) is 8.85. The molecule has 0 radical (unpaired) electrons. The first kappa shape index (κ1) is 11.4. The number of benzene rings is 1. The summed E-state index contributed by atoms with van der Waals surface area (Å²) in [6, 6.07) is 10.0. The summed E-state index contributed by atoms with van der Waals surface area (Å²) in [5.74, 6) is 1.17. The van der Waals surface area contributed by atoms with Gasteiger partial charge in [-0.15, -0.1) is 23.5 Å². The van der Waals surface area contributed by atoms with Crippen LogP contribution in [0, 0.1) is 0 Å². The van der Waals surface area contributed by atoms with Crippen molar-refractivity contribution in [3.8, 4) is 0 Å². The van der Waals surface area contributed by atoms with Gasteiger partial charge in [0.2, 0.25) is 0 Å². The SMILES string of the molecule is CSC1(C(O)c2ccccc2)CCCS1. The fourth-order valence-electron chi connectivity index (χ4n) is 2.01. The molecule has 2 unspecified atom stereocenters. The van der Waals surface area contributed by atoms with E-state index in [9.17, 15) is 5.11 Å². The molecule has 1 fully saturated rings. The Kier molecular flexibility index (Phi) is 3.65. The summed E-state index contributed by atoms with van der Waals surface area (Å²) in [6.45, 7) is 0. The van der Waals surface area contributed by atoms with Gasteiger partial charge in [-0.25, -0.2) is 0 Å². The second-order valence-electron chi connectivity index (χ2n) is 3.78. The number of hydrogen-bond donors (Lipinski definition) is 1. The average molecular weight is 240 g/mol. The molecular weight excluding hydrogens is 224 g/mol. The van der Waals surface area contributed by atoms with E-state index in [1.807, 2.05) is 42.1 Å². The molecule has 2 atom stereocenters. The molecule has 3 heteroatoms. The summed E-state index contributed by atoms with van der Waals surface area (Å²) in [7, 11) is 0. The van der Waals surface area contributed by atoms with Crippen molar-refractivity contribution in [3.05, 3.63) is 35.9 Å². The summed E-state index contributed by atoms with van der Waals surface area (Å²) in [6.07, 6.45) is 4.08. The van der Waals surface area contributed by atoms with Crippen LogP contribution in [0.25, 0.3) is 0 Å². The van der Waals surface area contributed by atoms with E-state index >= 15 is 0 Å². The van der Waals surface area contributed by atoms with Crippen LogP contribution in [0.3, 0.4) is 0 Å². The molecule has 1 aromatic carbocycles. The molecule has 0 saturated carbocycles. The summed E-state index contributed by atoms with van der Waals surface area (Å²) in [5.41, 5.74) is 1.04. The van der Waals surface area contributed by atoms with Gasteiger partial charge in [0.05, 0.1) is 4.08 Å². The molecule has 15 heavy (non-hydrogen) atoms. The molecule has 0 spiro atoms. The summed E-state index contributed by atoms with van der Waals surface area (Å²) >= 11 is 3.70. The molecule has 2 rings (SSSR count). The van der Waals surface area contributed by atoms with Crippen LogP contribution in [0.15, 0.2) is 30.3 Å². The highest BCUT2D eigenvalue weighted by atomic mass is 32.2. The Morgan fingerprint density at radius 1 is 1.40 bits per heavy atom. The molecule has 82 valence electrons. The second kappa shape index (κ2) is 4.81. The highest BCUT2D eigenvalue weighted by Gasteiger charge is 2.41. The van der Waals surface area contributed by atoms with Crippen molar-refractivity contribution in [2.75, 3.05) is 12.0 Å². The second-order valence-corrected chi connectivity index (χ2v) is 6.60. The van der Waals surface area contributed by atoms with Crippen molar-refractivity contribution in [2.45, 2.75) is 23.0 Å². The minimum absolute atomic E-state index is 0.0125. The van der Waals surface area contributed by atoms with E-state index in [1.165, 1.54) is 12.2 Å². The van der Waals surface area contributed by atoms with Crippen molar-refractivity contribution in [1.29, 1.82) is 0 Å². The van der Waals surface area contributed by atoms with Gasteiger partial charge in [-0.05, 0) is 30.4 Å². The maximum atomic E-state index is 10.4. The lowest BCUT2D eigenvalue weighted by Crippen LogP contribution is -2.25. The molecule has 1 nitrogen and oxygen atoms in total. The van der Waals surface area contributed by atoms with Gasteiger partial charge in [0.25, 0.3) is 0 Å². The third-order valence-electron chi connectivity index (χ3n) is 2.89. The number of hydrogen-bond acceptors (Lipinski definition) is 3. The molecule has 0 bridgehead atoms. The molecule has 1 aliphatic rings. The Labute approximate surface area is 99.7 Å². The topological polar surface area (TPSA) is 20.2 Å². The van der Waals surface area contributed by atoms with E-state index in [1.54, 1.807) is 11.8 Å². The third-order valence-corrected chi connectivity index (χ3v) is 6.27. The number of rotatable bonds is 3. The average Bonchev–Trinajstić information content (AvgIpc) is 2.79. The Bertz CT molecular complexity index is 307. The Morgan fingerprint density at radius 2 is 2.13 bits per heavy atom. The van der Waals surface area contributed by atoms with Crippen molar-refractivity contribution >= 4 is 23.5 Å². The van der Waals surface area contributed by atoms with Gasteiger partial charge < -0.3 is 5.11 Å². The first-order valence-electron chi connectivity index (χ1n) is 5.20. The molecule has 1 aliphatic heterocycles. The number of aliphatic hydroxyl groups excluding tert-OH is 1. The molecular formula is C12H16OS2. The zero-order chi connectivity index (χ0) is 10.7. The van der Waals surface area contributed by atoms with Crippen LogP contribution >= 0.6 is 23.5 Å². The largest absolute Gasteiger partial charge is 0.386 e. The van der Waals surface area contributed by atoms with Crippen LogP contribution in [-0.2, 0) is 0 Å². The van der Waals surface area contributed by atoms with Crippen molar-refractivity contribution in [2.24, 2.45) is 0 Å². The number of aliphatic hydroxyl groups is 1. The lowest BCUT2D eigenvalue weighted by atomic mass is 10.0. The molecule has 0 amide bonds. The summed E-state index contributed by atoms with van der Waals surface area (Å²) < 4.78 is -0.0125. The van der Waals surface area contributed by atoms with E-state index in [0.29, 0.717) is 0 Å². The quantitative estimate of drug-likeness (QED) is 0.875. The number of thioether (sulfide) groups is 2. The Morgan fingerprint density at radius 3 is 2.67 bits per heavy atom. The van der Waals surface area contributed by atoms with Gasteiger partial charge in [0.15, 0.2) is 0 Å². The Balaban J connectivity index is 2.22. The van der Waals surface area contributed by atoms with Crippen molar-refractivity contribution in [1.82, 2.24) is 0 Å². The van der Waals surface area contributed by atoms with E-state index in [4.69, 9.17) is 0 Å². The molecule has 1 N–H and O–H groups in total. The molecule has 0 aromatic heterocycles. The lowest BCUT2D eigenvalue weighted by molar-refractivity contribution is 0.162. The van der Waals surface area contributed by atoms with Crippen LogP contribution in [0.1, 0.15) is 24.5 Å².